The van der Waals surface area contributed by atoms with Crippen LogP contribution < -0.4 is 14.8 Å². The lowest BCUT2D eigenvalue weighted by Crippen LogP contribution is -2.55. The van der Waals surface area contributed by atoms with Gasteiger partial charge >= 0.3 is 17.9 Å². The number of nitrogens with one attached hydrogen (secondary N) is 1. The summed E-state index contributed by atoms with van der Waals surface area (Å²) in [5.74, 6) is -0.788. The summed E-state index contributed by atoms with van der Waals surface area (Å²) in [6.45, 7) is 9.13. The topological polar surface area (TPSA) is 171 Å². The molecule has 1 aliphatic rings. The molecule has 0 heterocycles. The van der Waals surface area contributed by atoms with Gasteiger partial charge in [-0.1, -0.05) is 31.2 Å². The summed E-state index contributed by atoms with van der Waals surface area (Å²) in [6.07, 6.45) is 2.93. The predicted octanol–water partition coefficient (Wildman–Crippen LogP) is 4.34. The molecular formula is C40H55NO13. The van der Waals surface area contributed by atoms with Crippen molar-refractivity contribution in [3.8, 4) is 11.5 Å². The minimum atomic E-state index is -1.58. The van der Waals surface area contributed by atoms with Crippen LogP contribution in [-0.4, -0.2) is 103 Å². The summed E-state index contributed by atoms with van der Waals surface area (Å²) >= 11 is 0. The standard InChI is InChI=1S/C34H47NO11.C6H8O2/c1-4-14-35-15-17-42-19-21-43-20-18-41-16-13-31(36)46-30-22-34(23-30,32(37)44-24-26-5-9-28(39-2)10-6-26)33(38)45-25-27-7-11-29(40-3)12-8-27;1-5(7)3-4-6(2)8/h5-12,30,35H,4,13-25H2,1-3H3;3-4H,1-2H3/b;4-3-. The lowest BCUT2D eigenvalue weighted by molar-refractivity contribution is -0.197. The molecule has 0 atom stereocenters. The van der Waals surface area contributed by atoms with E-state index in [1.807, 2.05) is 0 Å². The van der Waals surface area contributed by atoms with E-state index < -0.39 is 29.4 Å². The fourth-order valence-electron chi connectivity index (χ4n) is 4.86. The Hall–Kier alpha value is -4.63. The highest BCUT2D eigenvalue weighted by molar-refractivity contribution is 6.01. The second-order valence-electron chi connectivity index (χ2n) is 12.3. The van der Waals surface area contributed by atoms with Gasteiger partial charge in [-0.2, -0.15) is 0 Å². The molecule has 3 rings (SSSR count). The molecule has 0 radical (unpaired) electrons. The van der Waals surface area contributed by atoms with Crippen molar-refractivity contribution in [2.45, 2.75) is 65.8 Å². The third-order valence-electron chi connectivity index (χ3n) is 7.89. The van der Waals surface area contributed by atoms with E-state index in [9.17, 15) is 24.0 Å². The van der Waals surface area contributed by atoms with Crippen LogP contribution in [0, 0.1) is 5.41 Å². The third kappa shape index (κ3) is 17.9. The average molecular weight is 758 g/mol. The van der Waals surface area contributed by atoms with Gasteiger partial charge in [0.05, 0.1) is 60.3 Å². The molecule has 14 heteroatoms. The molecule has 1 fully saturated rings. The summed E-state index contributed by atoms with van der Waals surface area (Å²) in [5, 5.41) is 3.26. The van der Waals surface area contributed by atoms with Gasteiger partial charge in [0.25, 0.3) is 0 Å². The second-order valence-corrected chi connectivity index (χ2v) is 12.3. The van der Waals surface area contributed by atoms with Crippen molar-refractivity contribution in [2.24, 2.45) is 5.41 Å². The highest BCUT2D eigenvalue weighted by atomic mass is 16.6. The number of ketones is 2. The van der Waals surface area contributed by atoms with Crippen LogP contribution in [0.5, 0.6) is 11.5 Å². The first-order valence-corrected chi connectivity index (χ1v) is 18.0. The second kappa shape index (κ2) is 26.2. The van der Waals surface area contributed by atoms with E-state index in [1.165, 1.54) is 26.0 Å². The minimum absolute atomic E-state index is 0.0290. The van der Waals surface area contributed by atoms with Crippen molar-refractivity contribution >= 4 is 29.5 Å². The van der Waals surface area contributed by atoms with Crippen molar-refractivity contribution < 1.29 is 61.9 Å². The van der Waals surface area contributed by atoms with E-state index in [4.69, 9.17) is 37.9 Å². The molecule has 0 unspecified atom stereocenters. The molecule has 1 aliphatic carbocycles. The average Bonchev–Trinajstić information content (AvgIpc) is 3.15. The lowest BCUT2D eigenvalue weighted by atomic mass is 9.66. The highest BCUT2D eigenvalue weighted by Gasteiger charge is 2.60. The summed E-state index contributed by atoms with van der Waals surface area (Å²) in [5.41, 5.74) is -0.118. The largest absolute Gasteiger partial charge is 0.497 e. The number of hydrogen-bond donors (Lipinski definition) is 1. The number of hydrogen-bond acceptors (Lipinski definition) is 14. The van der Waals surface area contributed by atoms with E-state index >= 15 is 0 Å². The van der Waals surface area contributed by atoms with Gasteiger partial charge in [-0.25, -0.2) is 0 Å². The number of rotatable bonds is 25. The smallest absolute Gasteiger partial charge is 0.324 e. The maximum Gasteiger partial charge on any atom is 0.324 e. The minimum Gasteiger partial charge on any atom is -0.497 e. The van der Waals surface area contributed by atoms with Crippen LogP contribution in [0.4, 0.5) is 0 Å². The van der Waals surface area contributed by atoms with Gasteiger partial charge in [0, 0.05) is 19.4 Å². The first-order chi connectivity index (χ1) is 26.0. The van der Waals surface area contributed by atoms with Crippen molar-refractivity contribution in [3.05, 3.63) is 71.8 Å². The van der Waals surface area contributed by atoms with Crippen molar-refractivity contribution in [3.63, 3.8) is 0 Å². The number of benzene rings is 2. The summed E-state index contributed by atoms with van der Waals surface area (Å²) < 4.78 is 43.3. The van der Waals surface area contributed by atoms with Crippen LogP contribution >= 0.6 is 0 Å². The van der Waals surface area contributed by atoms with Gasteiger partial charge in [0.1, 0.15) is 30.8 Å². The van der Waals surface area contributed by atoms with Gasteiger partial charge in [-0.3, -0.25) is 24.0 Å². The third-order valence-corrected chi connectivity index (χ3v) is 7.89. The van der Waals surface area contributed by atoms with Crippen LogP contribution in [0.25, 0.3) is 0 Å². The molecular weight excluding hydrogens is 702 g/mol. The normalized spacial score (nSPS) is 13.2. The molecule has 298 valence electrons. The Labute approximate surface area is 317 Å². The fraction of sp³-hybridized carbons (Fsp3) is 0.525. The molecule has 0 amide bonds. The Bertz CT molecular complexity index is 1370. The van der Waals surface area contributed by atoms with Crippen molar-refractivity contribution in [1.82, 2.24) is 5.32 Å². The summed E-state index contributed by atoms with van der Waals surface area (Å²) in [7, 11) is 3.12. The van der Waals surface area contributed by atoms with Gasteiger partial charge in [0.2, 0.25) is 0 Å². The lowest BCUT2D eigenvalue weighted by Gasteiger charge is -2.42. The van der Waals surface area contributed by atoms with Crippen LogP contribution in [0.3, 0.4) is 0 Å². The van der Waals surface area contributed by atoms with Gasteiger partial charge in [-0.05, 0) is 74.4 Å². The van der Waals surface area contributed by atoms with Gasteiger partial charge < -0.3 is 43.2 Å². The van der Waals surface area contributed by atoms with Crippen molar-refractivity contribution in [2.75, 3.05) is 67.0 Å². The van der Waals surface area contributed by atoms with E-state index in [0.29, 0.717) is 44.5 Å². The Morgan fingerprint density at radius 1 is 0.667 bits per heavy atom. The van der Waals surface area contributed by atoms with Gasteiger partial charge in [-0.15, -0.1) is 0 Å². The fourth-order valence-corrected chi connectivity index (χ4v) is 4.86. The Morgan fingerprint density at radius 2 is 1.11 bits per heavy atom. The van der Waals surface area contributed by atoms with Gasteiger partial charge in [0.15, 0.2) is 17.0 Å². The predicted molar refractivity (Wildman–Crippen MR) is 198 cm³/mol. The molecule has 0 saturated heterocycles. The van der Waals surface area contributed by atoms with Crippen LogP contribution in [0.1, 0.15) is 57.6 Å². The molecule has 2 aromatic rings. The molecule has 0 aliphatic heterocycles. The molecule has 0 spiro atoms. The number of carbonyl (C=O) groups is 5. The number of carbonyl (C=O) groups excluding carboxylic acids is 5. The maximum atomic E-state index is 13.3. The first-order valence-electron chi connectivity index (χ1n) is 18.0. The number of allylic oxidation sites excluding steroid dienone is 2. The molecule has 2 aromatic carbocycles. The number of methoxy groups -OCH3 is 2. The molecule has 0 bridgehead atoms. The SMILES string of the molecule is CC(=O)/C=C\C(C)=O.CCCNCCOCCOCCOCCC(=O)OC1CC(C(=O)OCc2ccc(OC)cc2)(C(=O)OCc2ccc(OC)cc2)C1. The molecule has 0 aromatic heterocycles. The van der Waals surface area contributed by atoms with Crippen LogP contribution in [0.2, 0.25) is 0 Å². The Balaban J connectivity index is 0.00000113. The quantitative estimate of drug-likeness (QED) is 0.0499. The van der Waals surface area contributed by atoms with E-state index in [-0.39, 0.29) is 50.6 Å². The Kier molecular flexibility index (Phi) is 22.1. The number of ether oxygens (including phenoxy) is 8. The molecule has 1 saturated carbocycles. The molecule has 1 N–H and O–H groups in total. The van der Waals surface area contributed by atoms with E-state index in [1.54, 1.807) is 62.8 Å². The first kappa shape index (κ1) is 45.5. The molecule has 54 heavy (non-hydrogen) atoms. The molecule has 14 nitrogen and oxygen atoms in total. The van der Waals surface area contributed by atoms with E-state index in [2.05, 4.69) is 12.2 Å². The summed E-state index contributed by atoms with van der Waals surface area (Å²) in [6, 6.07) is 14.1. The zero-order valence-corrected chi connectivity index (χ0v) is 32.1. The summed E-state index contributed by atoms with van der Waals surface area (Å²) in [4.78, 5) is 59.2. The zero-order valence-electron chi connectivity index (χ0n) is 32.1. The zero-order chi connectivity index (χ0) is 39.6. The van der Waals surface area contributed by atoms with Crippen molar-refractivity contribution in [1.29, 1.82) is 0 Å². The number of esters is 3. The van der Waals surface area contributed by atoms with E-state index in [0.717, 1.165) is 30.6 Å². The van der Waals surface area contributed by atoms with Crippen LogP contribution in [0.15, 0.2) is 60.7 Å². The van der Waals surface area contributed by atoms with Crippen LogP contribution in [-0.2, 0) is 65.6 Å². The highest BCUT2D eigenvalue weighted by Crippen LogP contribution is 2.45. The maximum absolute atomic E-state index is 13.3. The Morgan fingerprint density at radius 3 is 1.54 bits per heavy atom. The monoisotopic (exact) mass is 757 g/mol.